The van der Waals surface area contributed by atoms with E-state index in [-0.39, 0.29) is 5.82 Å². The molecular formula is C12H12BrFN2O. The lowest BCUT2D eigenvalue weighted by molar-refractivity contribution is 0.499. The first-order valence-electron chi connectivity index (χ1n) is 5.29. The maximum absolute atomic E-state index is 13.8. The minimum atomic E-state index is -0.340. The molecule has 0 radical (unpaired) electrons. The Labute approximate surface area is 107 Å². The van der Waals surface area contributed by atoms with Gasteiger partial charge in [-0.2, -0.15) is 0 Å². The van der Waals surface area contributed by atoms with E-state index in [4.69, 9.17) is 4.42 Å². The molecule has 17 heavy (non-hydrogen) atoms. The first kappa shape index (κ1) is 12.1. The van der Waals surface area contributed by atoms with Gasteiger partial charge in [-0.25, -0.2) is 9.37 Å². The molecule has 0 saturated carbocycles. The molecule has 2 heterocycles. The van der Waals surface area contributed by atoms with Gasteiger partial charge in [-0.15, -0.1) is 0 Å². The summed E-state index contributed by atoms with van der Waals surface area (Å²) in [6.45, 7) is 3.12. The van der Waals surface area contributed by atoms with Gasteiger partial charge in [0.2, 0.25) is 0 Å². The van der Waals surface area contributed by atoms with Crippen LogP contribution in [0, 0.1) is 5.82 Å². The molecule has 0 aliphatic heterocycles. The lowest BCUT2D eigenvalue weighted by Crippen LogP contribution is -2.23. The van der Waals surface area contributed by atoms with Crippen molar-refractivity contribution >= 4 is 21.7 Å². The summed E-state index contributed by atoms with van der Waals surface area (Å²) in [7, 11) is 0. The standard InChI is InChI=1S/C12H12BrFN2O/c1-2-16(8-10-4-3-5-17-10)12-11(14)6-9(13)7-15-12/h3-7H,2,8H2,1H3. The Morgan fingerprint density at radius 3 is 2.94 bits per heavy atom. The molecule has 0 aromatic carbocycles. The Hall–Kier alpha value is -1.36. The predicted octanol–water partition coefficient (Wildman–Crippen LogP) is 3.60. The second-order valence-electron chi connectivity index (χ2n) is 3.55. The molecule has 0 aliphatic rings. The molecule has 2 aromatic heterocycles. The average molecular weight is 299 g/mol. The molecule has 3 nitrogen and oxygen atoms in total. The van der Waals surface area contributed by atoms with Gasteiger partial charge in [-0.1, -0.05) is 0 Å². The number of rotatable bonds is 4. The van der Waals surface area contributed by atoms with Crippen LogP contribution in [0.5, 0.6) is 0 Å². The van der Waals surface area contributed by atoms with Crippen LogP contribution in [0.15, 0.2) is 39.5 Å². The van der Waals surface area contributed by atoms with Crippen molar-refractivity contribution in [3.63, 3.8) is 0 Å². The Morgan fingerprint density at radius 2 is 2.35 bits per heavy atom. The van der Waals surface area contributed by atoms with E-state index >= 15 is 0 Å². The molecule has 90 valence electrons. The van der Waals surface area contributed by atoms with E-state index in [9.17, 15) is 4.39 Å². The highest BCUT2D eigenvalue weighted by atomic mass is 79.9. The van der Waals surface area contributed by atoms with Gasteiger partial charge in [-0.05, 0) is 41.1 Å². The molecule has 0 amide bonds. The van der Waals surface area contributed by atoms with Gasteiger partial charge in [0.1, 0.15) is 5.76 Å². The van der Waals surface area contributed by atoms with E-state index < -0.39 is 0 Å². The third-order valence-electron chi connectivity index (χ3n) is 2.40. The monoisotopic (exact) mass is 298 g/mol. The lowest BCUT2D eigenvalue weighted by atomic mass is 10.3. The van der Waals surface area contributed by atoms with Gasteiger partial charge in [0, 0.05) is 17.2 Å². The highest BCUT2D eigenvalue weighted by molar-refractivity contribution is 9.10. The fourth-order valence-corrected chi connectivity index (χ4v) is 1.87. The molecule has 0 unspecified atom stereocenters. The van der Waals surface area contributed by atoms with Gasteiger partial charge < -0.3 is 9.32 Å². The van der Waals surface area contributed by atoms with Gasteiger partial charge in [0.05, 0.1) is 12.8 Å². The Bertz CT molecular complexity index is 487. The molecule has 0 bridgehead atoms. The van der Waals surface area contributed by atoms with Crippen LogP contribution in [0.3, 0.4) is 0 Å². The third kappa shape index (κ3) is 2.85. The van der Waals surface area contributed by atoms with Gasteiger partial charge in [0.15, 0.2) is 11.6 Å². The number of halogens is 2. The number of nitrogens with zero attached hydrogens (tertiary/aromatic N) is 2. The summed E-state index contributed by atoms with van der Waals surface area (Å²) in [5, 5.41) is 0. The summed E-state index contributed by atoms with van der Waals surface area (Å²) in [5.74, 6) is 0.788. The topological polar surface area (TPSA) is 29.3 Å². The third-order valence-corrected chi connectivity index (χ3v) is 2.83. The predicted molar refractivity (Wildman–Crippen MR) is 67.3 cm³/mol. The Morgan fingerprint density at radius 1 is 1.53 bits per heavy atom. The van der Waals surface area contributed by atoms with Crippen molar-refractivity contribution in [2.75, 3.05) is 11.4 Å². The zero-order valence-corrected chi connectivity index (χ0v) is 10.9. The van der Waals surface area contributed by atoms with E-state index in [1.54, 1.807) is 12.5 Å². The molecule has 0 N–H and O–H groups in total. The van der Waals surface area contributed by atoms with Crippen molar-refractivity contribution < 1.29 is 8.81 Å². The van der Waals surface area contributed by atoms with Crippen LogP contribution in [0.4, 0.5) is 10.2 Å². The molecule has 0 fully saturated rings. The molecule has 2 rings (SSSR count). The van der Waals surface area contributed by atoms with E-state index in [1.165, 1.54) is 6.07 Å². The molecule has 0 aliphatic carbocycles. The zero-order valence-electron chi connectivity index (χ0n) is 9.36. The van der Waals surface area contributed by atoms with Crippen molar-refractivity contribution in [1.29, 1.82) is 0 Å². The molecule has 0 atom stereocenters. The quantitative estimate of drug-likeness (QED) is 0.863. The normalized spacial score (nSPS) is 10.5. The second-order valence-corrected chi connectivity index (χ2v) is 4.47. The molecule has 2 aromatic rings. The maximum atomic E-state index is 13.8. The smallest absolute Gasteiger partial charge is 0.166 e. The average Bonchev–Trinajstić information content (AvgIpc) is 2.79. The summed E-state index contributed by atoms with van der Waals surface area (Å²) in [6, 6.07) is 5.08. The van der Waals surface area contributed by atoms with Crippen molar-refractivity contribution in [2.24, 2.45) is 0 Å². The zero-order chi connectivity index (χ0) is 12.3. The first-order chi connectivity index (χ1) is 8.20. The van der Waals surface area contributed by atoms with E-state index in [1.807, 2.05) is 24.0 Å². The van der Waals surface area contributed by atoms with Crippen LogP contribution >= 0.6 is 15.9 Å². The fraction of sp³-hybridized carbons (Fsp3) is 0.250. The van der Waals surface area contributed by atoms with Crippen molar-refractivity contribution in [3.05, 3.63) is 46.7 Å². The van der Waals surface area contributed by atoms with Crippen molar-refractivity contribution in [1.82, 2.24) is 4.98 Å². The van der Waals surface area contributed by atoms with Crippen LogP contribution in [-0.4, -0.2) is 11.5 Å². The summed E-state index contributed by atoms with van der Waals surface area (Å²) in [4.78, 5) is 5.91. The Kier molecular flexibility index (Phi) is 3.78. The van der Waals surface area contributed by atoms with Crippen LogP contribution in [-0.2, 0) is 6.54 Å². The minimum Gasteiger partial charge on any atom is -0.467 e. The first-order valence-corrected chi connectivity index (χ1v) is 6.08. The highest BCUT2D eigenvalue weighted by Gasteiger charge is 2.13. The van der Waals surface area contributed by atoms with E-state index in [0.29, 0.717) is 23.4 Å². The number of furan rings is 1. The summed E-state index contributed by atoms with van der Waals surface area (Å²) in [6.07, 6.45) is 3.19. The molecular weight excluding hydrogens is 287 g/mol. The SMILES string of the molecule is CCN(Cc1ccco1)c1ncc(Br)cc1F. The number of pyridine rings is 1. The number of hydrogen-bond donors (Lipinski definition) is 0. The largest absolute Gasteiger partial charge is 0.467 e. The lowest BCUT2D eigenvalue weighted by Gasteiger charge is -2.21. The number of aromatic nitrogens is 1. The van der Waals surface area contributed by atoms with Gasteiger partial charge >= 0.3 is 0 Å². The van der Waals surface area contributed by atoms with Gasteiger partial charge in [-0.3, -0.25) is 0 Å². The fourth-order valence-electron chi connectivity index (χ4n) is 1.57. The highest BCUT2D eigenvalue weighted by Crippen LogP contribution is 2.21. The second kappa shape index (κ2) is 5.31. The molecule has 0 spiro atoms. The van der Waals surface area contributed by atoms with Gasteiger partial charge in [0.25, 0.3) is 0 Å². The molecule has 0 saturated heterocycles. The summed E-state index contributed by atoms with van der Waals surface area (Å²) >= 11 is 3.19. The number of hydrogen-bond acceptors (Lipinski definition) is 3. The van der Waals surface area contributed by atoms with Crippen LogP contribution in [0.1, 0.15) is 12.7 Å². The van der Waals surface area contributed by atoms with Crippen molar-refractivity contribution in [3.8, 4) is 0 Å². The summed E-state index contributed by atoms with van der Waals surface area (Å²) in [5.41, 5.74) is 0. The van der Waals surface area contributed by atoms with Crippen LogP contribution in [0.2, 0.25) is 0 Å². The van der Waals surface area contributed by atoms with Crippen LogP contribution < -0.4 is 4.90 Å². The minimum absolute atomic E-state index is 0.340. The van der Waals surface area contributed by atoms with E-state index in [0.717, 1.165) is 5.76 Å². The van der Waals surface area contributed by atoms with Crippen LogP contribution in [0.25, 0.3) is 0 Å². The maximum Gasteiger partial charge on any atom is 0.166 e. The Balaban J connectivity index is 2.23. The van der Waals surface area contributed by atoms with Crippen molar-refractivity contribution in [2.45, 2.75) is 13.5 Å². The summed E-state index contributed by atoms with van der Waals surface area (Å²) < 4.78 is 19.6. The molecule has 5 heteroatoms. The number of anilines is 1. The van der Waals surface area contributed by atoms with E-state index in [2.05, 4.69) is 20.9 Å².